The van der Waals surface area contributed by atoms with E-state index in [4.69, 9.17) is 9.47 Å². The second-order valence-corrected chi connectivity index (χ2v) is 6.61. The Balaban J connectivity index is 0.00000210. The van der Waals surface area contributed by atoms with Crippen molar-refractivity contribution in [1.82, 2.24) is 5.32 Å². The molecular weight excluding hydrogens is 371 g/mol. The molecule has 0 unspecified atom stereocenters. The Hall–Kier alpha value is -2.31. The predicted molar refractivity (Wildman–Crippen MR) is 103 cm³/mol. The Kier molecular flexibility index (Phi) is 6.19. The van der Waals surface area contributed by atoms with Gasteiger partial charge >= 0.3 is 0 Å². The van der Waals surface area contributed by atoms with Crippen LogP contribution in [0, 0.1) is 11.7 Å². The Morgan fingerprint density at radius 2 is 1.78 bits per heavy atom. The van der Waals surface area contributed by atoms with Crippen LogP contribution in [0.15, 0.2) is 42.5 Å². The molecule has 0 saturated carbocycles. The lowest BCUT2D eigenvalue weighted by molar-refractivity contribution is -0.123. The summed E-state index contributed by atoms with van der Waals surface area (Å²) in [7, 11) is 0. The van der Waals surface area contributed by atoms with Crippen molar-refractivity contribution < 1.29 is 18.7 Å². The number of anilines is 1. The number of benzene rings is 2. The van der Waals surface area contributed by atoms with Crippen LogP contribution in [-0.4, -0.2) is 25.8 Å². The first-order valence-electron chi connectivity index (χ1n) is 8.87. The second kappa shape index (κ2) is 8.59. The van der Waals surface area contributed by atoms with E-state index >= 15 is 0 Å². The number of ether oxygens (including phenoxy) is 2. The first kappa shape index (κ1) is 19.5. The SMILES string of the molecule is Cl.O=C(C1CCNCC1)N(Cc1ccc2c(c1)OCO2)c1ccc(F)cc1. The van der Waals surface area contributed by atoms with Gasteiger partial charge in [-0.3, -0.25) is 4.79 Å². The lowest BCUT2D eigenvalue weighted by atomic mass is 9.96. The Morgan fingerprint density at radius 3 is 2.52 bits per heavy atom. The predicted octanol–water partition coefficient (Wildman–Crippen LogP) is 3.51. The molecule has 2 aromatic carbocycles. The van der Waals surface area contributed by atoms with Crippen LogP contribution in [-0.2, 0) is 11.3 Å². The van der Waals surface area contributed by atoms with Crippen molar-refractivity contribution in [2.24, 2.45) is 5.92 Å². The number of nitrogens with zero attached hydrogens (tertiary/aromatic N) is 1. The normalized spacial score (nSPS) is 15.9. The zero-order chi connectivity index (χ0) is 17.9. The standard InChI is InChI=1S/C20H21FN2O3.ClH/c21-16-2-4-17(5-3-16)23(20(24)15-7-9-22-10-8-15)12-14-1-6-18-19(11-14)26-13-25-18;/h1-6,11,15,22H,7-10,12-13H2;1H. The molecule has 0 aromatic heterocycles. The summed E-state index contributed by atoms with van der Waals surface area (Å²) in [5.41, 5.74) is 1.65. The van der Waals surface area contributed by atoms with Crippen LogP contribution in [0.3, 0.4) is 0 Å². The third-order valence-corrected chi connectivity index (χ3v) is 4.87. The summed E-state index contributed by atoms with van der Waals surface area (Å²) in [5.74, 6) is 1.15. The van der Waals surface area contributed by atoms with Gasteiger partial charge in [0, 0.05) is 11.6 Å². The summed E-state index contributed by atoms with van der Waals surface area (Å²) in [6.45, 7) is 2.31. The molecule has 2 aliphatic heterocycles. The number of halogens is 2. The molecule has 0 spiro atoms. The fourth-order valence-corrected chi connectivity index (χ4v) is 3.43. The van der Waals surface area contributed by atoms with Crippen LogP contribution in [0.1, 0.15) is 18.4 Å². The van der Waals surface area contributed by atoms with Crippen molar-refractivity contribution in [3.05, 3.63) is 53.8 Å². The molecular formula is C20H22ClFN2O3. The van der Waals surface area contributed by atoms with Gasteiger partial charge in [-0.05, 0) is 67.9 Å². The molecule has 7 heteroatoms. The van der Waals surface area contributed by atoms with E-state index in [0.717, 1.165) is 31.5 Å². The molecule has 0 radical (unpaired) electrons. The lowest BCUT2D eigenvalue weighted by Crippen LogP contribution is -2.40. The zero-order valence-corrected chi connectivity index (χ0v) is 15.6. The summed E-state index contributed by atoms with van der Waals surface area (Å²) in [6, 6.07) is 11.8. The van der Waals surface area contributed by atoms with Crippen molar-refractivity contribution in [3.8, 4) is 11.5 Å². The highest BCUT2D eigenvalue weighted by atomic mass is 35.5. The first-order valence-corrected chi connectivity index (χ1v) is 8.87. The van der Waals surface area contributed by atoms with Crippen LogP contribution < -0.4 is 19.7 Å². The van der Waals surface area contributed by atoms with Gasteiger partial charge in [-0.2, -0.15) is 0 Å². The van der Waals surface area contributed by atoms with Gasteiger partial charge in [0.1, 0.15) is 5.82 Å². The molecule has 0 atom stereocenters. The van der Waals surface area contributed by atoms with Crippen LogP contribution in [0.2, 0.25) is 0 Å². The van der Waals surface area contributed by atoms with Gasteiger partial charge in [0.15, 0.2) is 11.5 Å². The van der Waals surface area contributed by atoms with Crippen molar-refractivity contribution in [2.45, 2.75) is 19.4 Å². The minimum atomic E-state index is -0.314. The van der Waals surface area contributed by atoms with E-state index in [0.29, 0.717) is 23.7 Å². The summed E-state index contributed by atoms with van der Waals surface area (Å²) in [5, 5.41) is 3.28. The molecule has 1 saturated heterocycles. The number of amides is 1. The molecule has 1 amide bonds. The quantitative estimate of drug-likeness (QED) is 0.865. The van der Waals surface area contributed by atoms with Gasteiger partial charge in [-0.25, -0.2) is 4.39 Å². The maximum atomic E-state index is 13.3. The first-order chi connectivity index (χ1) is 12.7. The van der Waals surface area contributed by atoms with Crippen molar-refractivity contribution in [1.29, 1.82) is 0 Å². The number of fused-ring (bicyclic) bond motifs is 1. The maximum Gasteiger partial charge on any atom is 0.231 e. The van der Waals surface area contributed by atoms with Gasteiger partial charge in [0.2, 0.25) is 12.7 Å². The van der Waals surface area contributed by atoms with E-state index in [2.05, 4.69) is 5.32 Å². The molecule has 2 aromatic rings. The molecule has 1 N–H and O–H groups in total. The van der Waals surface area contributed by atoms with Crippen LogP contribution >= 0.6 is 12.4 Å². The molecule has 144 valence electrons. The van der Waals surface area contributed by atoms with E-state index in [9.17, 15) is 9.18 Å². The van der Waals surface area contributed by atoms with Gasteiger partial charge < -0.3 is 19.7 Å². The van der Waals surface area contributed by atoms with Crippen LogP contribution in [0.5, 0.6) is 11.5 Å². The van der Waals surface area contributed by atoms with Crippen molar-refractivity contribution in [2.75, 3.05) is 24.8 Å². The third kappa shape index (κ3) is 4.34. The van der Waals surface area contributed by atoms with E-state index in [-0.39, 0.29) is 36.8 Å². The number of hydrogen-bond acceptors (Lipinski definition) is 4. The largest absolute Gasteiger partial charge is 0.454 e. The fourth-order valence-electron chi connectivity index (χ4n) is 3.43. The average Bonchev–Trinajstić information content (AvgIpc) is 3.15. The second-order valence-electron chi connectivity index (χ2n) is 6.61. The van der Waals surface area contributed by atoms with E-state index in [1.54, 1.807) is 17.0 Å². The zero-order valence-electron chi connectivity index (χ0n) is 14.8. The molecule has 1 fully saturated rings. The molecule has 4 rings (SSSR count). The summed E-state index contributed by atoms with van der Waals surface area (Å²) in [4.78, 5) is 14.9. The Bertz CT molecular complexity index is 794. The number of hydrogen-bond donors (Lipinski definition) is 1. The van der Waals surface area contributed by atoms with E-state index in [1.165, 1.54) is 12.1 Å². The number of piperidine rings is 1. The van der Waals surface area contributed by atoms with Gasteiger partial charge in [-0.1, -0.05) is 6.07 Å². The van der Waals surface area contributed by atoms with Gasteiger partial charge in [0.05, 0.1) is 6.54 Å². The molecule has 0 bridgehead atoms. The molecule has 5 nitrogen and oxygen atoms in total. The summed E-state index contributed by atoms with van der Waals surface area (Å²) in [6.07, 6.45) is 1.63. The van der Waals surface area contributed by atoms with Gasteiger partial charge in [0.25, 0.3) is 0 Å². The monoisotopic (exact) mass is 392 g/mol. The molecule has 27 heavy (non-hydrogen) atoms. The number of carbonyl (C=O) groups excluding carboxylic acids is 1. The van der Waals surface area contributed by atoms with Gasteiger partial charge in [-0.15, -0.1) is 12.4 Å². The van der Waals surface area contributed by atoms with Crippen LogP contribution in [0.25, 0.3) is 0 Å². The highest BCUT2D eigenvalue weighted by molar-refractivity contribution is 5.95. The highest BCUT2D eigenvalue weighted by Crippen LogP contribution is 2.33. The third-order valence-electron chi connectivity index (χ3n) is 4.87. The highest BCUT2D eigenvalue weighted by Gasteiger charge is 2.27. The fraction of sp³-hybridized carbons (Fsp3) is 0.350. The topological polar surface area (TPSA) is 50.8 Å². The molecule has 2 aliphatic rings. The van der Waals surface area contributed by atoms with Crippen LogP contribution in [0.4, 0.5) is 10.1 Å². The Morgan fingerprint density at radius 1 is 1.07 bits per heavy atom. The average molecular weight is 393 g/mol. The van der Waals surface area contributed by atoms with E-state index in [1.807, 2.05) is 18.2 Å². The van der Waals surface area contributed by atoms with Crippen molar-refractivity contribution >= 4 is 24.0 Å². The van der Waals surface area contributed by atoms with Crippen molar-refractivity contribution in [3.63, 3.8) is 0 Å². The van der Waals surface area contributed by atoms with E-state index < -0.39 is 0 Å². The Labute approximate surface area is 163 Å². The number of nitrogens with one attached hydrogen (secondary N) is 1. The smallest absolute Gasteiger partial charge is 0.231 e. The summed E-state index contributed by atoms with van der Waals surface area (Å²) >= 11 is 0. The summed E-state index contributed by atoms with van der Waals surface area (Å²) < 4.78 is 24.1. The maximum absolute atomic E-state index is 13.3. The number of rotatable bonds is 4. The number of carbonyl (C=O) groups is 1. The molecule has 2 heterocycles. The minimum absolute atomic E-state index is 0. The molecule has 0 aliphatic carbocycles. The minimum Gasteiger partial charge on any atom is -0.454 e. The lowest BCUT2D eigenvalue weighted by Gasteiger charge is -2.30.